The monoisotopic (exact) mass is 405 g/mol. The summed E-state index contributed by atoms with van der Waals surface area (Å²) in [5.41, 5.74) is 0.489. The second-order valence-corrected chi connectivity index (χ2v) is 7.36. The van der Waals surface area contributed by atoms with Gasteiger partial charge < -0.3 is 14.5 Å². The third-order valence-corrected chi connectivity index (χ3v) is 6.01. The Balaban J connectivity index is 1.55. The minimum absolute atomic E-state index is 0.175. The largest absolute Gasteiger partial charge is 0.462 e. The molecule has 0 spiro atoms. The topological polar surface area (TPSA) is 124 Å². The van der Waals surface area contributed by atoms with E-state index in [0.29, 0.717) is 22.9 Å². The van der Waals surface area contributed by atoms with Crippen molar-refractivity contribution >= 4 is 40.3 Å². The molecule has 3 aliphatic heterocycles. The van der Waals surface area contributed by atoms with Gasteiger partial charge in [0.2, 0.25) is 0 Å². The summed E-state index contributed by atoms with van der Waals surface area (Å²) in [6.07, 6.45) is 1.78. The molecule has 1 aromatic carbocycles. The van der Waals surface area contributed by atoms with Crippen LogP contribution in [0.3, 0.4) is 0 Å². The molecule has 0 saturated carbocycles. The zero-order valence-corrected chi connectivity index (χ0v) is 15.8. The maximum atomic E-state index is 13.3. The van der Waals surface area contributed by atoms with E-state index in [2.05, 4.69) is 9.72 Å². The number of aromatic nitrogens is 1. The van der Waals surface area contributed by atoms with E-state index in [1.54, 1.807) is 24.3 Å². The Bertz CT molecular complexity index is 1190. The SMILES string of the molecule is COC(=O)C(=O)N1CC2CC1C1C(=O)N(c3cnc(C#N)c4ccccc34)C(=O)N21. The van der Waals surface area contributed by atoms with Gasteiger partial charge in [0.15, 0.2) is 0 Å². The fourth-order valence-corrected chi connectivity index (χ4v) is 4.76. The Morgan fingerprint density at radius 3 is 2.67 bits per heavy atom. The van der Waals surface area contributed by atoms with Crippen molar-refractivity contribution in [2.75, 3.05) is 18.6 Å². The molecule has 10 heteroatoms. The Labute approximate surface area is 170 Å². The molecule has 3 unspecified atom stereocenters. The number of carbonyl (C=O) groups is 4. The molecular weight excluding hydrogens is 390 g/mol. The first-order chi connectivity index (χ1) is 14.5. The van der Waals surface area contributed by atoms with Crippen LogP contribution < -0.4 is 4.90 Å². The molecule has 10 nitrogen and oxygen atoms in total. The van der Waals surface area contributed by atoms with Crippen molar-refractivity contribution in [3.05, 3.63) is 36.2 Å². The molecule has 3 atom stereocenters. The molecule has 4 amide bonds. The van der Waals surface area contributed by atoms with Crippen molar-refractivity contribution in [1.29, 1.82) is 5.26 Å². The summed E-state index contributed by atoms with van der Waals surface area (Å²) in [7, 11) is 1.12. The smallest absolute Gasteiger partial charge is 0.396 e. The molecule has 3 saturated heterocycles. The van der Waals surface area contributed by atoms with Crippen LogP contribution in [-0.2, 0) is 19.1 Å². The number of piperazine rings is 1. The Hall–Kier alpha value is -4.00. The highest BCUT2D eigenvalue weighted by molar-refractivity contribution is 6.33. The summed E-state index contributed by atoms with van der Waals surface area (Å²) in [6.45, 7) is 0.175. The standard InChI is InChI=1S/C20H15N5O5/c1-30-19(28)18(27)23-9-10-6-14(23)16-17(26)25(20(29)24(10)16)15-8-22-13(7-21)11-4-2-3-5-12(11)15/h2-5,8,10,14,16H,6,9H2,1H3. The number of pyridine rings is 1. The van der Waals surface area contributed by atoms with E-state index < -0.39 is 35.9 Å². The van der Waals surface area contributed by atoms with Crippen LogP contribution in [0.15, 0.2) is 30.5 Å². The average Bonchev–Trinajstić information content (AvgIpc) is 3.43. The third kappa shape index (κ3) is 2.20. The van der Waals surface area contributed by atoms with Crippen molar-refractivity contribution in [2.45, 2.75) is 24.5 Å². The van der Waals surface area contributed by atoms with Crippen LogP contribution in [0.1, 0.15) is 12.1 Å². The molecule has 30 heavy (non-hydrogen) atoms. The van der Waals surface area contributed by atoms with Crippen molar-refractivity contribution in [1.82, 2.24) is 14.8 Å². The fourth-order valence-electron chi connectivity index (χ4n) is 4.76. The zero-order chi connectivity index (χ0) is 21.2. The van der Waals surface area contributed by atoms with E-state index in [1.807, 2.05) is 6.07 Å². The molecule has 3 aliphatic rings. The first kappa shape index (κ1) is 18.1. The number of urea groups is 1. The number of hydrogen-bond acceptors (Lipinski definition) is 7. The summed E-state index contributed by atoms with van der Waals surface area (Å²) >= 11 is 0. The summed E-state index contributed by atoms with van der Waals surface area (Å²) in [5, 5.41) is 10.4. The van der Waals surface area contributed by atoms with Crippen LogP contribution in [-0.4, -0.2) is 70.4 Å². The number of methoxy groups -OCH3 is 1. The van der Waals surface area contributed by atoms with Gasteiger partial charge in [-0.2, -0.15) is 5.26 Å². The Morgan fingerprint density at radius 1 is 1.23 bits per heavy atom. The first-order valence-corrected chi connectivity index (χ1v) is 9.31. The van der Waals surface area contributed by atoms with Crippen molar-refractivity contribution in [3.8, 4) is 6.07 Å². The second kappa shape index (κ2) is 6.25. The number of nitrogens with zero attached hydrogens (tertiary/aromatic N) is 5. The molecular formula is C20H15N5O5. The molecule has 0 radical (unpaired) electrons. The lowest BCUT2D eigenvalue weighted by Crippen LogP contribution is -2.56. The number of fused-ring (bicyclic) bond motifs is 6. The molecule has 3 fully saturated rings. The Kier molecular flexibility index (Phi) is 3.76. The number of esters is 1. The van der Waals surface area contributed by atoms with Gasteiger partial charge >= 0.3 is 17.9 Å². The maximum Gasteiger partial charge on any atom is 0.396 e. The van der Waals surface area contributed by atoms with Gasteiger partial charge in [0, 0.05) is 17.3 Å². The average molecular weight is 405 g/mol. The molecule has 1 aromatic heterocycles. The number of benzene rings is 1. The lowest BCUT2D eigenvalue weighted by atomic mass is 10.1. The molecule has 2 bridgehead atoms. The number of nitriles is 1. The number of carbonyl (C=O) groups excluding carboxylic acids is 4. The van der Waals surface area contributed by atoms with Crippen LogP contribution in [0.4, 0.5) is 10.5 Å². The number of hydrogen-bond donors (Lipinski definition) is 0. The van der Waals surface area contributed by atoms with Crippen LogP contribution >= 0.6 is 0 Å². The number of rotatable bonds is 1. The highest BCUT2D eigenvalue weighted by Gasteiger charge is 2.63. The lowest BCUT2D eigenvalue weighted by Gasteiger charge is -2.34. The Morgan fingerprint density at radius 2 is 1.97 bits per heavy atom. The highest BCUT2D eigenvalue weighted by Crippen LogP contribution is 2.43. The van der Waals surface area contributed by atoms with Crippen molar-refractivity contribution in [2.24, 2.45) is 0 Å². The van der Waals surface area contributed by atoms with Crippen molar-refractivity contribution < 1.29 is 23.9 Å². The van der Waals surface area contributed by atoms with Gasteiger partial charge in [0.05, 0.1) is 31.1 Å². The van der Waals surface area contributed by atoms with E-state index in [0.717, 1.165) is 12.0 Å². The highest BCUT2D eigenvalue weighted by atomic mass is 16.5. The molecule has 150 valence electrons. The number of likely N-dealkylation sites (tertiary alicyclic amines) is 1. The normalized spacial score (nSPS) is 24.4. The van der Waals surface area contributed by atoms with Gasteiger partial charge in [-0.25, -0.2) is 19.5 Å². The molecule has 2 aromatic rings. The minimum atomic E-state index is -0.995. The molecule has 0 N–H and O–H groups in total. The predicted octanol–water partition coefficient (Wildman–Crippen LogP) is 0.400. The van der Waals surface area contributed by atoms with Gasteiger partial charge in [-0.15, -0.1) is 0 Å². The number of amides is 4. The first-order valence-electron chi connectivity index (χ1n) is 9.31. The number of ether oxygens (including phenoxy) is 1. The van der Waals surface area contributed by atoms with E-state index >= 15 is 0 Å². The zero-order valence-electron chi connectivity index (χ0n) is 15.8. The summed E-state index contributed by atoms with van der Waals surface area (Å²) < 4.78 is 4.51. The summed E-state index contributed by atoms with van der Waals surface area (Å²) in [4.78, 5) is 58.5. The van der Waals surface area contributed by atoms with E-state index in [-0.39, 0.29) is 18.3 Å². The van der Waals surface area contributed by atoms with Crippen LogP contribution in [0.2, 0.25) is 0 Å². The van der Waals surface area contributed by atoms with Crippen LogP contribution in [0.5, 0.6) is 0 Å². The molecule has 0 aliphatic carbocycles. The van der Waals surface area contributed by atoms with E-state index in [1.165, 1.54) is 16.0 Å². The molecule has 5 rings (SSSR count). The lowest BCUT2D eigenvalue weighted by molar-refractivity contribution is -0.160. The maximum absolute atomic E-state index is 13.3. The quantitative estimate of drug-likeness (QED) is 0.382. The van der Waals surface area contributed by atoms with Crippen LogP contribution in [0, 0.1) is 11.3 Å². The minimum Gasteiger partial charge on any atom is -0.462 e. The van der Waals surface area contributed by atoms with E-state index in [4.69, 9.17) is 0 Å². The van der Waals surface area contributed by atoms with Gasteiger partial charge in [-0.1, -0.05) is 24.3 Å². The third-order valence-electron chi connectivity index (χ3n) is 6.01. The second-order valence-electron chi connectivity index (χ2n) is 7.36. The van der Waals surface area contributed by atoms with E-state index in [9.17, 15) is 24.4 Å². The van der Waals surface area contributed by atoms with Gasteiger partial charge in [-0.05, 0) is 6.42 Å². The molecule has 4 heterocycles. The predicted molar refractivity (Wildman–Crippen MR) is 101 cm³/mol. The number of anilines is 1. The fraction of sp³-hybridized carbons (Fsp3) is 0.300. The van der Waals surface area contributed by atoms with Gasteiger partial charge in [0.1, 0.15) is 17.8 Å². The number of imide groups is 1. The van der Waals surface area contributed by atoms with Crippen LogP contribution in [0.25, 0.3) is 10.8 Å². The van der Waals surface area contributed by atoms with Gasteiger partial charge in [-0.3, -0.25) is 9.59 Å². The summed E-state index contributed by atoms with van der Waals surface area (Å²) in [5.74, 6) is -2.29. The summed E-state index contributed by atoms with van der Waals surface area (Å²) in [6, 6.07) is 6.65. The van der Waals surface area contributed by atoms with Crippen molar-refractivity contribution in [3.63, 3.8) is 0 Å². The van der Waals surface area contributed by atoms with Gasteiger partial charge in [0.25, 0.3) is 5.91 Å².